The smallest absolute Gasteiger partial charge is 0.262 e. The first kappa shape index (κ1) is 20.5. The van der Waals surface area contributed by atoms with Crippen molar-refractivity contribution < 1.29 is 17.9 Å². The van der Waals surface area contributed by atoms with E-state index < -0.39 is 10.0 Å². The molecule has 0 unspecified atom stereocenters. The summed E-state index contributed by atoms with van der Waals surface area (Å²) in [4.78, 5) is 18.2. The minimum absolute atomic E-state index is 0.0128. The molecule has 9 heteroatoms. The number of benzene rings is 1. The summed E-state index contributed by atoms with van der Waals surface area (Å²) in [5.41, 5.74) is 1.01. The largest absolute Gasteiger partial charge is 0.367 e. The van der Waals surface area contributed by atoms with E-state index in [2.05, 4.69) is 4.98 Å². The fourth-order valence-corrected chi connectivity index (χ4v) is 4.58. The van der Waals surface area contributed by atoms with E-state index in [1.807, 2.05) is 30.3 Å². The van der Waals surface area contributed by atoms with Crippen molar-refractivity contribution in [2.45, 2.75) is 25.0 Å². The van der Waals surface area contributed by atoms with Gasteiger partial charge < -0.3 is 14.2 Å². The summed E-state index contributed by atoms with van der Waals surface area (Å²) in [6, 6.07) is 9.66. The SMILES string of the molecule is Cc1nc(S(=O)(=O)N2CCCN(C(=O)COCc3ccccc3)CC2)cn1C. The van der Waals surface area contributed by atoms with Crippen LogP contribution >= 0.6 is 0 Å². The van der Waals surface area contributed by atoms with Crippen LogP contribution in [0.2, 0.25) is 0 Å². The van der Waals surface area contributed by atoms with Crippen molar-refractivity contribution in [1.82, 2.24) is 18.8 Å². The Labute approximate surface area is 165 Å². The monoisotopic (exact) mass is 406 g/mol. The number of hydrogen-bond donors (Lipinski definition) is 0. The summed E-state index contributed by atoms with van der Waals surface area (Å²) in [5.74, 6) is 0.518. The molecule has 2 heterocycles. The van der Waals surface area contributed by atoms with Gasteiger partial charge in [-0.1, -0.05) is 30.3 Å². The van der Waals surface area contributed by atoms with E-state index in [1.54, 1.807) is 23.4 Å². The molecular weight excluding hydrogens is 380 g/mol. The van der Waals surface area contributed by atoms with Gasteiger partial charge in [-0.25, -0.2) is 13.4 Å². The number of carbonyl (C=O) groups is 1. The highest BCUT2D eigenvalue weighted by molar-refractivity contribution is 7.89. The molecule has 1 fully saturated rings. The molecule has 0 N–H and O–H groups in total. The molecule has 28 heavy (non-hydrogen) atoms. The Morgan fingerprint density at radius 3 is 2.57 bits per heavy atom. The zero-order chi connectivity index (χ0) is 20.1. The molecule has 0 radical (unpaired) electrons. The van der Waals surface area contributed by atoms with Gasteiger partial charge in [-0.3, -0.25) is 4.79 Å². The summed E-state index contributed by atoms with van der Waals surface area (Å²) >= 11 is 0. The highest BCUT2D eigenvalue weighted by atomic mass is 32.2. The second-order valence-electron chi connectivity index (χ2n) is 6.85. The molecule has 1 aliphatic rings. The molecule has 0 atom stereocenters. The van der Waals surface area contributed by atoms with Crippen LogP contribution in [0.5, 0.6) is 0 Å². The standard InChI is InChI=1S/C19H26N4O4S/c1-16-20-18(13-21(16)2)28(25,26)23-10-6-9-22(11-12-23)19(24)15-27-14-17-7-4-3-5-8-17/h3-5,7-8,13H,6,9-12,14-15H2,1-2H3. The maximum Gasteiger partial charge on any atom is 0.262 e. The van der Waals surface area contributed by atoms with Crippen molar-refractivity contribution in [2.75, 3.05) is 32.8 Å². The van der Waals surface area contributed by atoms with Crippen LogP contribution in [0.25, 0.3) is 0 Å². The lowest BCUT2D eigenvalue weighted by Crippen LogP contribution is -2.38. The van der Waals surface area contributed by atoms with Gasteiger partial charge in [0.1, 0.15) is 12.4 Å². The summed E-state index contributed by atoms with van der Waals surface area (Å²) in [7, 11) is -1.89. The zero-order valence-corrected chi connectivity index (χ0v) is 17.1. The number of aromatic nitrogens is 2. The quantitative estimate of drug-likeness (QED) is 0.719. The average Bonchev–Trinajstić information content (AvgIpc) is 2.88. The molecule has 1 amide bonds. The molecule has 1 aromatic heterocycles. The van der Waals surface area contributed by atoms with E-state index in [9.17, 15) is 13.2 Å². The maximum absolute atomic E-state index is 12.8. The molecule has 0 bridgehead atoms. The van der Waals surface area contributed by atoms with Crippen LogP contribution in [0, 0.1) is 6.92 Å². The summed E-state index contributed by atoms with van der Waals surface area (Å²) < 4.78 is 34.3. The number of ether oxygens (including phenoxy) is 1. The van der Waals surface area contributed by atoms with Crippen LogP contribution in [0.4, 0.5) is 0 Å². The van der Waals surface area contributed by atoms with Gasteiger partial charge in [0.25, 0.3) is 10.0 Å². The Bertz CT molecular complexity index is 892. The summed E-state index contributed by atoms with van der Waals surface area (Å²) in [6.07, 6.45) is 2.10. The normalized spacial score (nSPS) is 16.1. The minimum atomic E-state index is -3.66. The Hall–Kier alpha value is -2.23. The Morgan fingerprint density at radius 1 is 1.14 bits per heavy atom. The van der Waals surface area contributed by atoms with Gasteiger partial charge >= 0.3 is 0 Å². The van der Waals surface area contributed by atoms with Crippen molar-refractivity contribution in [2.24, 2.45) is 7.05 Å². The Balaban J connectivity index is 1.54. The maximum atomic E-state index is 12.8. The predicted molar refractivity (Wildman–Crippen MR) is 104 cm³/mol. The number of carbonyl (C=O) groups excluding carboxylic acids is 1. The number of rotatable bonds is 6. The van der Waals surface area contributed by atoms with Gasteiger partial charge in [0.15, 0.2) is 5.03 Å². The molecule has 0 saturated carbocycles. The molecule has 1 aliphatic heterocycles. The number of amides is 1. The van der Waals surface area contributed by atoms with Gasteiger partial charge in [-0.2, -0.15) is 4.31 Å². The molecule has 3 rings (SSSR count). The van der Waals surface area contributed by atoms with Crippen LogP contribution < -0.4 is 0 Å². The summed E-state index contributed by atoms with van der Waals surface area (Å²) in [5, 5.41) is 0.0541. The summed E-state index contributed by atoms with van der Waals surface area (Å²) in [6.45, 7) is 3.60. The number of nitrogens with zero attached hydrogens (tertiary/aromatic N) is 4. The van der Waals surface area contributed by atoms with Crippen LogP contribution in [0.15, 0.2) is 41.6 Å². The fourth-order valence-electron chi connectivity index (χ4n) is 3.09. The lowest BCUT2D eigenvalue weighted by molar-refractivity contribution is -0.136. The van der Waals surface area contributed by atoms with Crippen molar-refractivity contribution >= 4 is 15.9 Å². The number of sulfonamides is 1. The fraction of sp³-hybridized carbons (Fsp3) is 0.474. The molecule has 1 aromatic carbocycles. The van der Waals surface area contributed by atoms with E-state index in [4.69, 9.17) is 4.74 Å². The average molecular weight is 407 g/mol. The topological polar surface area (TPSA) is 84.7 Å². The van der Waals surface area contributed by atoms with E-state index in [0.717, 1.165) is 5.56 Å². The third-order valence-electron chi connectivity index (χ3n) is 4.84. The van der Waals surface area contributed by atoms with E-state index >= 15 is 0 Å². The highest BCUT2D eigenvalue weighted by Crippen LogP contribution is 2.17. The second-order valence-corrected chi connectivity index (χ2v) is 8.74. The number of hydrogen-bond acceptors (Lipinski definition) is 5. The van der Waals surface area contributed by atoms with E-state index in [0.29, 0.717) is 38.5 Å². The Kier molecular flexibility index (Phi) is 6.48. The third kappa shape index (κ3) is 4.78. The van der Waals surface area contributed by atoms with Crippen LogP contribution in [0.1, 0.15) is 17.8 Å². The second kappa shape index (κ2) is 8.85. The third-order valence-corrected chi connectivity index (χ3v) is 6.61. The first-order chi connectivity index (χ1) is 13.4. The van der Waals surface area contributed by atoms with Crippen LogP contribution in [-0.2, 0) is 33.2 Å². The predicted octanol–water partition coefficient (Wildman–Crippen LogP) is 1.17. The molecular formula is C19H26N4O4S. The molecule has 8 nitrogen and oxygen atoms in total. The molecule has 1 saturated heterocycles. The lowest BCUT2D eigenvalue weighted by atomic mass is 10.2. The van der Waals surface area contributed by atoms with Gasteiger partial charge in [-0.15, -0.1) is 0 Å². The van der Waals surface area contributed by atoms with Gasteiger partial charge in [0.05, 0.1) is 6.61 Å². The van der Waals surface area contributed by atoms with Gasteiger partial charge in [0, 0.05) is 39.4 Å². The molecule has 2 aromatic rings. The Morgan fingerprint density at radius 2 is 1.89 bits per heavy atom. The van der Waals surface area contributed by atoms with Crippen LogP contribution in [-0.4, -0.2) is 65.9 Å². The number of imidazole rings is 1. The van der Waals surface area contributed by atoms with Crippen molar-refractivity contribution in [3.8, 4) is 0 Å². The van der Waals surface area contributed by atoms with Crippen LogP contribution in [0.3, 0.4) is 0 Å². The minimum Gasteiger partial charge on any atom is -0.367 e. The van der Waals surface area contributed by atoms with Crippen molar-refractivity contribution in [3.05, 3.63) is 47.9 Å². The van der Waals surface area contributed by atoms with Crippen molar-refractivity contribution in [1.29, 1.82) is 0 Å². The van der Waals surface area contributed by atoms with Gasteiger partial charge in [0.2, 0.25) is 5.91 Å². The first-order valence-corrected chi connectivity index (χ1v) is 10.7. The van der Waals surface area contributed by atoms with Gasteiger partial charge in [-0.05, 0) is 18.9 Å². The molecule has 0 aliphatic carbocycles. The number of aryl methyl sites for hydroxylation is 2. The molecule has 152 valence electrons. The highest BCUT2D eigenvalue weighted by Gasteiger charge is 2.30. The lowest BCUT2D eigenvalue weighted by Gasteiger charge is -2.21. The van der Waals surface area contributed by atoms with E-state index in [1.165, 1.54) is 10.5 Å². The zero-order valence-electron chi connectivity index (χ0n) is 16.2. The first-order valence-electron chi connectivity index (χ1n) is 9.27. The van der Waals surface area contributed by atoms with Crippen molar-refractivity contribution in [3.63, 3.8) is 0 Å². The van der Waals surface area contributed by atoms with E-state index in [-0.39, 0.29) is 24.1 Å². The molecule has 0 spiro atoms.